The smallest absolute Gasteiger partial charge is 0.265 e. The SMILES string of the molecule is Cc1ccc(C(C)NC(=O)CN2c3ccc(Cl)cc3-c3ccccc3S2(=O)=O)cc1. The number of hydrogen-bond donors (Lipinski definition) is 1. The lowest BCUT2D eigenvalue weighted by molar-refractivity contribution is -0.120. The molecule has 154 valence electrons. The van der Waals surface area contributed by atoms with E-state index in [9.17, 15) is 13.2 Å². The van der Waals surface area contributed by atoms with Gasteiger partial charge in [-0.2, -0.15) is 0 Å². The fraction of sp³-hybridized carbons (Fsp3) is 0.174. The number of halogens is 1. The molecule has 7 heteroatoms. The third-order valence-electron chi connectivity index (χ3n) is 5.21. The van der Waals surface area contributed by atoms with Crippen LogP contribution in [-0.4, -0.2) is 20.9 Å². The molecular weight excluding hydrogens is 420 g/mol. The predicted octanol–water partition coefficient (Wildman–Crippen LogP) is 4.70. The monoisotopic (exact) mass is 440 g/mol. The Morgan fingerprint density at radius 1 is 1.03 bits per heavy atom. The summed E-state index contributed by atoms with van der Waals surface area (Å²) in [7, 11) is -3.88. The first-order valence-electron chi connectivity index (χ1n) is 9.55. The molecule has 1 atom stereocenters. The van der Waals surface area contributed by atoms with Crippen molar-refractivity contribution < 1.29 is 13.2 Å². The van der Waals surface area contributed by atoms with Crippen molar-refractivity contribution >= 4 is 33.2 Å². The van der Waals surface area contributed by atoms with Gasteiger partial charge in [0.1, 0.15) is 6.54 Å². The maximum Gasteiger partial charge on any atom is 0.265 e. The van der Waals surface area contributed by atoms with E-state index in [-0.39, 0.29) is 23.4 Å². The molecule has 0 saturated carbocycles. The molecule has 1 N–H and O–H groups in total. The van der Waals surface area contributed by atoms with Crippen LogP contribution in [0.4, 0.5) is 5.69 Å². The molecule has 1 aliphatic heterocycles. The minimum Gasteiger partial charge on any atom is -0.348 e. The molecule has 1 unspecified atom stereocenters. The van der Waals surface area contributed by atoms with Crippen LogP contribution < -0.4 is 9.62 Å². The van der Waals surface area contributed by atoms with Crippen LogP contribution in [0.2, 0.25) is 5.02 Å². The van der Waals surface area contributed by atoms with Crippen molar-refractivity contribution in [3.05, 3.63) is 82.9 Å². The first-order valence-corrected chi connectivity index (χ1v) is 11.4. The lowest BCUT2D eigenvalue weighted by atomic mass is 10.0. The highest BCUT2D eigenvalue weighted by molar-refractivity contribution is 7.93. The van der Waals surface area contributed by atoms with Crippen LogP contribution in [0, 0.1) is 6.92 Å². The van der Waals surface area contributed by atoms with Crippen molar-refractivity contribution in [3.63, 3.8) is 0 Å². The van der Waals surface area contributed by atoms with E-state index in [1.807, 2.05) is 38.1 Å². The molecule has 0 bridgehead atoms. The Balaban J connectivity index is 1.65. The van der Waals surface area contributed by atoms with Gasteiger partial charge in [-0.3, -0.25) is 9.10 Å². The number of fused-ring (bicyclic) bond motifs is 3. The van der Waals surface area contributed by atoms with Crippen LogP contribution in [0.1, 0.15) is 24.1 Å². The van der Waals surface area contributed by atoms with Gasteiger partial charge in [-0.1, -0.05) is 59.6 Å². The number of nitrogens with one attached hydrogen (secondary N) is 1. The average molecular weight is 441 g/mol. The van der Waals surface area contributed by atoms with E-state index in [2.05, 4.69) is 5.32 Å². The number of sulfonamides is 1. The molecule has 3 aromatic carbocycles. The second-order valence-corrected chi connectivity index (χ2v) is 9.64. The quantitative estimate of drug-likeness (QED) is 0.639. The third-order valence-corrected chi connectivity index (χ3v) is 7.27. The zero-order valence-electron chi connectivity index (χ0n) is 16.6. The number of benzene rings is 3. The minimum absolute atomic E-state index is 0.166. The molecule has 3 aromatic rings. The van der Waals surface area contributed by atoms with Gasteiger partial charge in [0.15, 0.2) is 0 Å². The molecule has 0 aromatic heterocycles. The topological polar surface area (TPSA) is 66.5 Å². The Bertz CT molecular complexity index is 1220. The molecule has 0 fully saturated rings. The van der Waals surface area contributed by atoms with Gasteiger partial charge in [-0.15, -0.1) is 0 Å². The molecule has 1 aliphatic rings. The molecular formula is C23H21ClN2O3S. The number of carbonyl (C=O) groups is 1. The van der Waals surface area contributed by atoms with Gasteiger partial charge in [0.05, 0.1) is 16.6 Å². The zero-order valence-corrected chi connectivity index (χ0v) is 18.2. The minimum atomic E-state index is -3.88. The Morgan fingerprint density at radius 3 is 2.47 bits per heavy atom. The normalized spacial score (nSPS) is 15.1. The summed E-state index contributed by atoms with van der Waals surface area (Å²) in [5.41, 5.74) is 3.79. The number of carbonyl (C=O) groups excluding carboxylic acids is 1. The molecule has 0 radical (unpaired) electrons. The number of nitrogens with zero attached hydrogens (tertiary/aromatic N) is 1. The summed E-state index contributed by atoms with van der Waals surface area (Å²) < 4.78 is 27.7. The van der Waals surface area contributed by atoms with Crippen LogP contribution in [0.15, 0.2) is 71.6 Å². The number of aryl methyl sites for hydroxylation is 1. The van der Waals surface area contributed by atoms with E-state index in [0.717, 1.165) is 15.4 Å². The molecule has 0 spiro atoms. The summed E-state index contributed by atoms with van der Waals surface area (Å²) in [6.45, 7) is 3.55. The molecule has 5 nitrogen and oxygen atoms in total. The number of anilines is 1. The van der Waals surface area contributed by atoms with Crippen LogP contribution >= 0.6 is 11.6 Å². The molecule has 30 heavy (non-hydrogen) atoms. The second-order valence-electron chi connectivity index (χ2n) is 7.37. The van der Waals surface area contributed by atoms with Crippen molar-refractivity contribution in [2.24, 2.45) is 0 Å². The van der Waals surface area contributed by atoms with Crippen LogP contribution in [0.25, 0.3) is 11.1 Å². The van der Waals surface area contributed by atoms with E-state index in [1.165, 1.54) is 0 Å². The second kappa shape index (κ2) is 7.78. The summed E-state index contributed by atoms with van der Waals surface area (Å²) in [5.74, 6) is -0.382. The lowest BCUT2D eigenvalue weighted by Crippen LogP contribution is -2.43. The number of amides is 1. The van der Waals surface area contributed by atoms with Crippen molar-refractivity contribution in [2.45, 2.75) is 24.8 Å². The van der Waals surface area contributed by atoms with E-state index in [1.54, 1.807) is 42.5 Å². The maximum absolute atomic E-state index is 13.3. The summed E-state index contributed by atoms with van der Waals surface area (Å²) in [4.78, 5) is 13.0. The van der Waals surface area contributed by atoms with Crippen molar-refractivity contribution in [2.75, 3.05) is 10.8 Å². The van der Waals surface area contributed by atoms with Gasteiger partial charge in [0.2, 0.25) is 5.91 Å². The van der Waals surface area contributed by atoms with Gasteiger partial charge in [0.25, 0.3) is 10.0 Å². The summed E-state index contributed by atoms with van der Waals surface area (Å²) >= 11 is 6.17. The fourth-order valence-electron chi connectivity index (χ4n) is 3.63. The summed E-state index contributed by atoms with van der Waals surface area (Å²) in [5, 5.41) is 3.40. The fourth-order valence-corrected chi connectivity index (χ4v) is 5.45. The van der Waals surface area contributed by atoms with Crippen molar-refractivity contribution in [1.29, 1.82) is 0 Å². The molecule has 1 heterocycles. The highest BCUT2D eigenvalue weighted by atomic mass is 35.5. The van der Waals surface area contributed by atoms with E-state index >= 15 is 0 Å². The van der Waals surface area contributed by atoms with Gasteiger partial charge < -0.3 is 5.32 Å². The summed E-state index contributed by atoms with van der Waals surface area (Å²) in [6, 6.07) is 19.4. The predicted molar refractivity (Wildman–Crippen MR) is 119 cm³/mol. The van der Waals surface area contributed by atoms with Crippen LogP contribution in [-0.2, 0) is 14.8 Å². The van der Waals surface area contributed by atoms with E-state index < -0.39 is 10.0 Å². The highest BCUT2D eigenvalue weighted by Crippen LogP contribution is 2.43. The molecule has 1 amide bonds. The Labute approximate surface area is 181 Å². The van der Waals surface area contributed by atoms with E-state index in [0.29, 0.717) is 21.8 Å². The maximum atomic E-state index is 13.3. The molecule has 4 rings (SSSR count). The van der Waals surface area contributed by atoms with Crippen LogP contribution in [0.5, 0.6) is 0 Å². The van der Waals surface area contributed by atoms with Gasteiger partial charge >= 0.3 is 0 Å². The van der Waals surface area contributed by atoms with Crippen molar-refractivity contribution in [3.8, 4) is 11.1 Å². The highest BCUT2D eigenvalue weighted by Gasteiger charge is 2.36. The Kier molecular flexibility index (Phi) is 5.30. The van der Waals surface area contributed by atoms with Gasteiger partial charge in [-0.05, 0) is 43.7 Å². The largest absolute Gasteiger partial charge is 0.348 e. The first-order chi connectivity index (χ1) is 14.3. The number of hydrogen-bond acceptors (Lipinski definition) is 3. The first kappa shape index (κ1) is 20.4. The molecule has 0 saturated heterocycles. The van der Waals surface area contributed by atoms with Gasteiger partial charge in [0, 0.05) is 16.1 Å². The van der Waals surface area contributed by atoms with Crippen LogP contribution in [0.3, 0.4) is 0 Å². The number of rotatable bonds is 4. The summed E-state index contributed by atoms with van der Waals surface area (Å²) in [6.07, 6.45) is 0. The third kappa shape index (κ3) is 3.68. The average Bonchev–Trinajstić information content (AvgIpc) is 2.72. The standard InChI is InChI=1S/C23H21ClN2O3S/c1-15-7-9-17(10-8-15)16(2)25-23(27)14-26-21-12-11-18(24)13-20(21)19-5-3-4-6-22(19)30(26,28)29/h3-13,16H,14H2,1-2H3,(H,25,27). The Hall–Kier alpha value is -2.83. The lowest BCUT2D eigenvalue weighted by Gasteiger charge is -2.32. The van der Waals surface area contributed by atoms with E-state index in [4.69, 9.17) is 11.6 Å². The zero-order chi connectivity index (χ0) is 21.5. The molecule has 0 aliphatic carbocycles. The van der Waals surface area contributed by atoms with Gasteiger partial charge in [-0.25, -0.2) is 8.42 Å². The Morgan fingerprint density at radius 2 is 1.73 bits per heavy atom. The van der Waals surface area contributed by atoms with Crippen molar-refractivity contribution in [1.82, 2.24) is 5.32 Å².